The van der Waals surface area contributed by atoms with Crippen molar-refractivity contribution >= 4 is 15.8 Å². The van der Waals surface area contributed by atoms with Crippen molar-refractivity contribution in [2.75, 3.05) is 11.4 Å². The van der Waals surface area contributed by atoms with Gasteiger partial charge in [-0.1, -0.05) is 18.2 Å². The van der Waals surface area contributed by atoms with E-state index in [-0.39, 0.29) is 10.6 Å². The zero-order valence-electron chi connectivity index (χ0n) is 10.6. The Bertz CT molecular complexity index is 681. The third-order valence-corrected chi connectivity index (χ3v) is 4.53. The highest BCUT2D eigenvalue weighted by Crippen LogP contribution is 2.26. The van der Waals surface area contributed by atoms with Crippen LogP contribution in [0.3, 0.4) is 0 Å². The molecule has 0 aliphatic carbocycles. The largest absolute Gasteiger partial charge is 0.507 e. The molecule has 0 saturated carbocycles. The number of hydrogen-bond donors (Lipinski definition) is 1. The highest BCUT2D eigenvalue weighted by molar-refractivity contribution is 7.92. The van der Waals surface area contributed by atoms with E-state index in [1.54, 1.807) is 30.5 Å². The Balaban J connectivity index is 2.45. The molecule has 1 N–H and O–H groups in total. The highest BCUT2D eigenvalue weighted by Gasteiger charge is 2.24. The van der Waals surface area contributed by atoms with Crippen LogP contribution in [-0.2, 0) is 10.0 Å². The molecule has 6 heteroatoms. The van der Waals surface area contributed by atoms with Crippen LogP contribution in [0.25, 0.3) is 0 Å². The van der Waals surface area contributed by atoms with Crippen LogP contribution in [0.5, 0.6) is 5.75 Å². The summed E-state index contributed by atoms with van der Waals surface area (Å²) in [5, 5.41) is 9.66. The normalized spacial score (nSPS) is 11.3. The van der Waals surface area contributed by atoms with E-state index in [4.69, 9.17) is 0 Å². The average molecular weight is 278 g/mol. The molecule has 100 valence electrons. The van der Waals surface area contributed by atoms with Crippen LogP contribution in [0, 0.1) is 6.92 Å². The van der Waals surface area contributed by atoms with Crippen molar-refractivity contribution in [1.82, 2.24) is 4.98 Å². The molecule has 19 heavy (non-hydrogen) atoms. The van der Waals surface area contributed by atoms with Crippen molar-refractivity contribution in [3.05, 3.63) is 48.2 Å². The van der Waals surface area contributed by atoms with Gasteiger partial charge in [0.1, 0.15) is 16.5 Å². The van der Waals surface area contributed by atoms with Crippen LogP contribution in [0.4, 0.5) is 5.82 Å². The van der Waals surface area contributed by atoms with E-state index in [1.807, 2.05) is 6.92 Å². The minimum Gasteiger partial charge on any atom is -0.507 e. The molecule has 0 amide bonds. The van der Waals surface area contributed by atoms with Gasteiger partial charge in [0.05, 0.1) is 0 Å². The van der Waals surface area contributed by atoms with E-state index in [2.05, 4.69) is 4.98 Å². The fraction of sp³-hybridized carbons (Fsp3) is 0.154. The van der Waals surface area contributed by atoms with Gasteiger partial charge >= 0.3 is 0 Å². The van der Waals surface area contributed by atoms with Gasteiger partial charge in [-0.15, -0.1) is 0 Å². The van der Waals surface area contributed by atoms with Gasteiger partial charge < -0.3 is 5.11 Å². The lowest BCUT2D eigenvalue weighted by molar-refractivity contribution is 0.458. The maximum atomic E-state index is 12.4. The number of nitrogens with zero attached hydrogens (tertiary/aromatic N) is 2. The second-order valence-electron chi connectivity index (χ2n) is 4.13. The van der Waals surface area contributed by atoms with Gasteiger partial charge in [0.2, 0.25) is 0 Å². The summed E-state index contributed by atoms with van der Waals surface area (Å²) < 4.78 is 25.8. The Morgan fingerprint density at radius 3 is 2.42 bits per heavy atom. The molecule has 5 nitrogen and oxygen atoms in total. The molecule has 0 radical (unpaired) electrons. The van der Waals surface area contributed by atoms with Gasteiger partial charge in [-0.05, 0) is 30.7 Å². The minimum atomic E-state index is -3.81. The van der Waals surface area contributed by atoms with E-state index in [9.17, 15) is 13.5 Å². The van der Waals surface area contributed by atoms with Gasteiger partial charge in [0.15, 0.2) is 0 Å². The molecular weight excluding hydrogens is 264 g/mol. The fourth-order valence-corrected chi connectivity index (χ4v) is 2.82. The Hall–Kier alpha value is -2.08. The average Bonchev–Trinajstić information content (AvgIpc) is 2.39. The number of aromatic hydroxyl groups is 1. The molecule has 0 atom stereocenters. The number of benzene rings is 1. The zero-order valence-corrected chi connectivity index (χ0v) is 11.4. The number of rotatable bonds is 3. The summed E-state index contributed by atoms with van der Waals surface area (Å²) in [5.74, 6) is 0.0234. The maximum absolute atomic E-state index is 12.4. The van der Waals surface area contributed by atoms with Crippen molar-refractivity contribution in [2.24, 2.45) is 0 Å². The van der Waals surface area contributed by atoms with Crippen molar-refractivity contribution in [2.45, 2.75) is 11.8 Å². The predicted molar refractivity (Wildman–Crippen MR) is 72.7 cm³/mol. The van der Waals surface area contributed by atoms with Crippen molar-refractivity contribution < 1.29 is 13.5 Å². The molecule has 0 aliphatic heterocycles. The van der Waals surface area contributed by atoms with Crippen LogP contribution < -0.4 is 4.31 Å². The first-order chi connectivity index (χ1) is 8.93. The molecule has 1 aromatic carbocycles. The van der Waals surface area contributed by atoms with Crippen LogP contribution in [0.1, 0.15) is 5.56 Å². The Morgan fingerprint density at radius 2 is 1.84 bits per heavy atom. The number of aromatic nitrogens is 1. The molecule has 1 heterocycles. The maximum Gasteiger partial charge on any atom is 0.268 e. The third-order valence-electron chi connectivity index (χ3n) is 2.72. The van der Waals surface area contributed by atoms with E-state index < -0.39 is 10.0 Å². The zero-order chi connectivity index (χ0) is 14.0. The second kappa shape index (κ2) is 4.89. The number of phenolic OH excluding ortho intramolecular Hbond substituents is 1. The third kappa shape index (κ3) is 2.53. The molecule has 0 aliphatic rings. The summed E-state index contributed by atoms with van der Waals surface area (Å²) in [4.78, 5) is 3.93. The van der Waals surface area contributed by atoms with Gasteiger partial charge in [-0.2, -0.15) is 0 Å². The van der Waals surface area contributed by atoms with Crippen LogP contribution >= 0.6 is 0 Å². The monoisotopic (exact) mass is 278 g/mol. The molecule has 0 saturated heterocycles. The summed E-state index contributed by atoms with van der Waals surface area (Å²) in [6, 6.07) is 9.21. The second-order valence-corrected chi connectivity index (χ2v) is 6.07. The summed E-state index contributed by atoms with van der Waals surface area (Å²) in [5.41, 5.74) is 0.942. The molecule has 2 rings (SSSR count). The molecule has 0 fully saturated rings. The van der Waals surface area contributed by atoms with Crippen LogP contribution in [-0.4, -0.2) is 25.6 Å². The van der Waals surface area contributed by atoms with Crippen molar-refractivity contribution in [3.8, 4) is 5.75 Å². The first kappa shape index (κ1) is 13.4. The molecule has 1 aromatic heterocycles. The first-order valence-corrected chi connectivity index (χ1v) is 7.06. The standard InChI is InChI=1S/C13H14N2O3S/c1-10-7-8-13(14-9-10)15(2)19(17,18)12-6-4-3-5-11(12)16/h3-9,16H,1-2H3. The lowest BCUT2D eigenvalue weighted by Gasteiger charge is -2.18. The van der Waals surface area contributed by atoms with Gasteiger partial charge in [-0.3, -0.25) is 4.31 Å². The van der Waals surface area contributed by atoms with Gasteiger partial charge in [0.25, 0.3) is 10.0 Å². The summed E-state index contributed by atoms with van der Waals surface area (Å²) in [6.45, 7) is 1.87. The quantitative estimate of drug-likeness (QED) is 0.931. The van der Waals surface area contributed by atoms with Crippen LogP contribution in [0.2, 0.25) is 0 Å². The number of phenols is 1. The van der Waals surface area contributed by atoms with Crippen molar-refractivity contribution in [3.63, 3.8) is 0 Å². The van der Waals surface area contributed by atoms with Gasteiger partial charge in [-0.25, -0.2) is 13.4 Å². The highest BCUT2D eigenvalue weighted by atomic mass is 32.2. The lowest BCUT2D eigenvalue weighted by Crippen LogP contribution is -2.27. The summed E-state index contributed by atoms with van der Waals surface area (Å²) in [6.07, 6.45) is 1.59. The van der Waals surface area contributed by atoms with E-state index >= 15 is 0 Å². The molecular formula is C13H14N2O3S. The fourth-order valence-electron chi connectivity index (χ4n) is 1.59. The predicted octanol–water partition coefficient (Wildman–Crippen LogP) is 1.92. The number of sulfonamides is 1. The topological polar surface area (TPSA) is 70.5 Å². The van der Waals surface area contributed by atoms with Crippen molar-refractivity contribution in [1.29, 1.82) is 0 Å². The van der Waals surface area contributed by atoms with Gasteiger partial charge in [0, 0.05) is 13.2 Å². The number of para-hydroxylation sites is 1. The number of aryl methyl sites for hydroxylation is 1. The number of anilines is 1. The van der Waals surface area contributed by atoms with Crippen LogP contribution in [0.15, 0.2) is 47.5 Å². The first-order valence-electron chi connectivity index (χ1n) is 5.62. The number of pyridine rings is 1. The number of hydrogen-bond acceptors (Lipinski definition) is 4. The minimum absolute atomic E-state index is 0.139. The van der Waals surface area contributed by atoms with E-state index in [0.29, 0.717) is 5.82 Å². The Labute approximate surface area is 112 Å². The Morgan fingerprint density at radius 1 is 1.16 bits per heavy atom. The molecule has 0 unspecified atom stereocenters. The van der Waals surface area contributed by atoms with E-state index in [0.717, 1.165) is 9.87 Å². The lowest BCUT2D eigenvalue weighted by atomic mass is 10.3. The molecule has 2 aromatic rings. The Kier molecular flexibility index (Phi) is 3.44. The smallest absolute Gasteiger partial charge is 0.268 e. The summed E-state index contributed by atoms with van der Waals surface area (Å²) in [7, 11) is -2.41. The summed E-state index contributed by atoms with van der Waals surface area (Å²) >= 11 is 0. The molecule has 0 bridgehead atoms. The van der Waals surface area contributed by atoms with E-state index in [1.165, 1.54) is 19.2 Å². The SMILES string of the molecule is Cc1ccc(N(C)S(=O)(=O)c2ccccc2O)nc1. The molecule has 0 spiro atoms.